The Hall–Kier alpha value is -0.380. The highest BCUT2D eigenvalue weighted by Gasteiger charge is 2.36. The van der Waals surface area contributed by atoms with Gasteiger partial charge in [0.1, 0.15) is 0 Å². The fourth-order valence-corrected chi connectivity index (χ4v) is 3.70. The molecule has 2 atom stereocenters. The molecule has 2 unspecified atom stereocenters. The van der Waals surface area contributed by atoms with Gasteiger partial charge in [0.25, 0.3) is 0 Å². The molecule has 2 rings (SSSR count). The molecule has 1 saturated carbocycles. The van der Waals surface area contributed by atoms with Crippen LogP contribution in [-0.4, -0.2) is 25.8 Å². The van der Waals surface area contributed by atoms with Gasteiger partial charge in [-0.1, -0.05) is 13.8 Å². The second-order valence-electron chi connectivity index (χ2n) is 5.52. The number of ether oxygens (including phenoxy) is 1. The van der Waals surface area contributed by atoms with Gasteiger partial charge in [-0.3, -0.25) is 0 Å². The van der Waals surface area contributed by atoms with E-state index in [2.05, 4.69) is 31.3 Å². The Morgan fingerprint density at radius 2 is 2.05 bits per heavy atom. The molecule has 108 valence electrons. The summed E-state index contributed by atoms with van der Waals surface area (Å²) in [6.07, 6.45) is 6.51. The van der Waals surface area contributed by atoms with Crippen molar-refractivity contribution in [3.8, 4) is 0 Å². The van der Waals surface area contributed by atoms with Gasteiger partial charge >= 0.3 is 0 Å². The molecule has 1 aliphatic carbocycles. The Kier molecular flexibility index (Phi) is 5.86. The molecule has 3 heteroatoms. The van der Waals surface area contributed by atoms with Crippen LogP contribution in [0.2, 0.25) is 0 Å². The standard InChI is InChI=1S/C16H27NOS/c1-4-10-17-15(16(18-3)12-6-7-12)11-14-9-8-13(5-2)19-14/h8-9,12,15-17H,4-7,10-11H2,1-3H3. The van der Waals surface area contributed by atoms with Crippen molar-refractivity contribution in [2.75, 3.05) is 13.7 Å². The molecule has 1 fully saturated rings. The van der Waals surface area contributed by atoms with Crippen molar-refractivity contribution < 1.29 is 4.74 Å². The molecule has 1 aromatic heterocycles. The average molecular weight is 281 g/mol. The van der Waals surface area contributed by atoms with Crippen LogP contribution in [0.1, 0.15) is 42.9 Å². The van der Waals surface area contributed by atoms with Crippen LogP contribution >= 0.6 is 11.3 Å². The minimum Gasteiger partial charge on any atom is -0.380 e. The van der Waals surface area contributed by atoms with Gasteiger partial charge in [-0.15, -0.1) is 11.3 Å². The highest BCUT2D eigenvalue weighted by atomic mass is 32.1. The van der Waals surface area contributed by atoms with E-state index in [1.54, 1.807) is 0 Å². The summed E-state index contributed by atoms with van der Waals surface area (Å²) in [6, 6.07) is 5.04. The van der Waals surface area contributed by atoms with E-state index in [9.17, 15) is 0 Å². The largest absolute Gasteiger partial charge is 0.380 e. The highest BCUT2D eigenvalue weighted by Crippen LogP contribution is 2.36. The second kappa shape index (κ2) is 7.41. The first-order valence-corrected chi connectivity index (χ1v) is 8.43. The van der Waals surface area contributed by atoms with Gasteiger partial charge < -0.3 is 10.1 Å². The summed E-state index contributed by atoms with van der Waals surface area (Å²) in [5.74, 6) is 0.782. The Morgan fingerprint density at radius 1 is 1.32 bits per heavy atom. The van der Waals surface area contributed by atoms with E-state index < -0.39 is 0 Å². The van der Waals surface area contributed by atoms with Crippen LogP contribution in [0, 0.1) is 5.92 Å². The van der Waals surface area contributed by atoms with Gasteiger partial charge in [0.15, 0.2) is 0 Å². The lowest BCUT2D eigenvalue weighted by atomic mass is 10.0. The fraction of sp³-hybridized carbons (Fsp3) is 0.750. The van der Waals surface area contributed by atoms with E-state index in [-0.39, 0.29) is 0 Å². The van der Waals surface area contributed by atoms with Crippen LogP contribution < -0.4 is 5.32 Å². The molecule has 1 N–H and O–H groups in total. The Labute approximate surface area is 121 Å². The maximum Gasteiger partial charge on any atom is 0.0755 e. The van der Waals surface area contributed by atoms with Gasteiger partial charge in [-0.2, -0.15) is 0 Å². The monoisotopic (exact) mass is 281 g/mol. The number of aryl methyl sites for hydroxylation is 1. The second-order valence-corrected chi connectivity index (χ2v) is 6.78. The zero-order chi connectivity index (χ0) is 13.7. The normalized spacial score (nSPS) is 18.5. The average Bonchev–Trinajstić information content (AvgIpc) is 3.15. The Balaban J connectivity index is 1.99. The number of thiophene rings is 1. The van der Waals surface area contributed by atoms with Crippen LogP contribution in [0.4, 0.5) is 0 Å². The summed E-state index contributed by atoms with van der Waals surface area (Å²) < 4.78 is 5.78. The Morgan fingerprint density at radius 3 is 2.58 bits per heavy atom. The topological polar surface area (TPSA) is 21.3 Å². The predicted molar refractivity (Wildman–Crippen MR) is 83.0 cm³/mol. The summed E-state index contributed by atoms with van der Waals surface area (Å²) in [5.41, 5.74) is 0. The van der Waals surface area contributed by atoms with E-state index in [0.717, 1.165) is 25.3 Å². The zero-order valence-electron chi connectivity index (χ0n) is 12.4. The lowest BCUT2D eigenvalue weighted by molar-refractivity contribution is 0.0513. The number of hydrogen-bond acceptors (Lipinski definition) is 3. The van der Waals surface area contributed by atoms with E-state index in [4.69, 9.17) is 4.74 Å². The van der Waals surface area contributed by atoms with Crippen LogP contribution in [0.25, 0.3) is 0 Å². The maximum absolute atomic E-state index is 5.78. The molecule has 0 aromatic carbocycles. The molecule has 0 saturated heterocycles. The maximum atomic E-state index is 5.78. The van der Waals surface area contributed by atoms with Crippen molar-refractivity contribution in [2.24, 2.45) is 5.92 Å². The van der Waals surface area contributed by atoms with Crippen molar-refractivity contribution in [1.82, 2.24) is 5.32 Å². The van der Waals surface area contributed by atoms with Crippen LogP contribution in [0.5, 0.6) is 0 Å². The number of nitrogens with one attached hydrogen (secondary N) is 1. The van der Waals surface area contributed by atoms with Crippen molar-refractivity contribution in [3.63, 3.8) is 0 Å². The quantitative estimate of drug-likeness (QED) is 0.746. The van der Waals surface area contributed by atoms with E-state index in [1.807, 2.05) is 18.4 Å². The molecule has 0 bridgehead atoms. The summed E-state index contributed by atoms with van der Waals surface area (Å²) in [4.78, 5) is 2.98. The van der Waals surface area contributed by atoms with E-state index in [0.29, 0.717) is 12.1 Å². The van der Waals surface area contributed by atoms with E-state index >= 15 is 0 Å². The molecule has 19 heavy (non-hydrogen) atoms. The summed E-state index contributed by atoms with van der Waals surface area (Å²) in [7, 11) is 1.87. The predicted octanol–water partition coefficient (Wildman–Crippen LogP) is 3.65. The zero-order valence-corrected chi connectivity index (χ0v) is 13.3. The molecular weight excluding hydrogens is 254 g/mol. The molecule has 0 aliphatic heterocycles. The van der Waals surface area contributed by atoms with Crippen molar-refractivity contribution in [2.45, 2.75) is 58.1 Å². The van der Waals surface area contributed by atoms with Crippen LogP contribution in [0.15, 0.2) is 12.1 Å². The molecule has 0 radical (unpaired) electrons. The highest BCUT2D eigenvalue weighted by molar-refractivity contribution is 7.11. The third-order valence-electron chi connectivity index (χ3n) is 3.90. The molecule has 1 heterocycles. The minimum absolute atomic E-state index is 0.388. The third kappa shape index (κ3) is 4.30. The lowest BCUT2D eigenvalue weighted by Crippen LogP contribution is -2.44. The van der Waals surface area contributed by atoms with Gasteiger partial charge in [-0.05, 0) is 56.7 Å². The molecular formula is C16H27NOS. The molecule has 0 spiro atoms. The minimum atomic E-state index is 0.388. The van der Waals surface area contributed by atoms with Gasteiger partial charge in [0.2, 0.25) is 0 Å². The van der Waals surface area contributed by atoms with Gasteiger partial charge in [0.05, 0.1) is 6.10 Å². The Bertz CT molecular complexity index is 373. The first-order valence-electron chi connectivity index (χ1n) is 7.62. The molecule has 1 aliphatic rings. The van der Waals surface area contributed by atoms with Crippen LogP contribution in [0.3, 0.4) is 0 Å². The van der Waals surface area contributed by atoms with E-state index in [1.165, 1.54) is 29.0 Å². The molecule has 1 aromatic rings. The number of methoxy groups -OCH3 is 1. The van der Waals surface area contributed by atoms with Crippen molar-refractivity contribution in [1.29, 1.82) is 0 Å². The first kappa shape index (κ1) is 15.0. The van der Waals surface area contributed by atoms with Gasteiger partial charge in [0, 0.05) is 22.9 Å². The van der Waals surface area contributed by atoms with Gasteiger partial charge in [-0.25, -0.2) is 0 Å². The fourth-order valence-electron chi connectivity index (χ4n) is 2.68. The molecule has 0 amide bonds. The first-order chi connectivity index (χ1) is 9.28. The van der Waals surface area contributed by atoms with Crippen molar-refractivity contribution >= 4 is 11.3 Å². The third-order valence-corrected chi connectivity index (χ3v) is 5.15. The number of hydrogen-bond donors (Lipinski definition) is 1. The number of rotatable bonds is 9. The summed E-state index contributed by atoms with van der Waals surface area (Å²) in [6.45, 7) is 5.54. The SMILES string of the molecule is CCCNC(Cc1ccc(CC)s1)C(OC)C1CC1. The smallest absolute Gasteiger partial charge is 0.0755 e. The molecule has 2 nitrogen and oxygen atoms in total. The van der Waals surface area contributed by atoms with Crippen LogP contribution in [-0.2, 0) is 17.6 Å². The summed E-state index contributed by atoms with van der Waals surface area (Å²) >= 11 is 1.96. The van der Waals surface area contributed by atoms with Crippen molar-refractivity contribution in [3.05, 3.63) is 21.9 Å². The lowest BCUT2D eigenvalue weighted by Gasteiger charge is -2.27. The summed E-state index contributed by atoms with van der Waals surface area (Å²) in [5, 5.41) is 3.70.